The second kappa shape index (κ2) is 11.5. The fourth-order valence-electron chi connectivity index (χ4n) is 4.20. The Morgan fingerprint density at radius 3 is 2.32 bits per heavy atom. The van der Waals surface area contributed by atoms with E-state index in [4.69, 9.17) is 0 Å². The summed E-state index contributed by atoms with van der Waals surface area (Å²) < 4.78 is 0. The van der Waals surface area contributed by atoms with Gasteiger partial charge < -0.3 is 10.6 Å². The van der Waals surface area contributed by atoms with Gasteiger partial charge in [0.05, 0.1) is 6.04 Å². The molecule has 1 fully saturated rings. The van der Waals surface area contributed by atoms with Crippen LogP contribution < -0.4 is 10.6 Å². The van der Waals surface area contributed by atoms with Crippen LogP contribution in [0.1, 0.15) is 22.7 Å². The van der Waals surface area contributed by atoms with E-state index in [0.29, 0.717) is 12.2 Å². The zero-order chi connectivity index (χ0) is 23.8. The third kappa shape index (κ3) is 6.50. The largest absolute Gasteiger partial charge is 0.346 e. The number of hydrogen-bond donors (Lipinski definition) is 2. The smallest absolute Gasteiger partial charge is 0.313 e. The van der Waals surface area contributed by atoms with Gasteiger partial charge in [-0.15, -0.1) is 0 Å². The highest BCUT2D eigenvalue weighted by molar-refractivity contribution is 6.39. The van der Waals surface area contributed by atoms with Gasteiger partial charge in [-0.3, -0.25) is 24.4 Å². The zero-order valence-electron chi connectivity index (χ0n) is 19.5. The molecule has 2 aromatic carbocycles. The van der Waals surface area contributed by atoms with Crippen LogP contribution in [0, 0.1) is 6.92 Å². The van der Waals surface area contributed by atoms with Gasteiger partial charge in [0, 0.05) is 57.3 Å². The highest BCUT2D eigenvalue weighted by Gasteiger charge is 2.26. The number of hydrogen-bond acceptors (Lipinski definition) is 5. The predicted molar refractivity (Wildman–Crippen MR) is 133 cm³/mol. The van der Waals surface area contributed by atoms with E-state index in [9.17, 15) is 9.59 Å². The molecule has 34 heavy (non-hydrogen) atoms. The first kappa shape index (κ1) is 23.6. The van der Waals surface area contributed by atoms with Crippen molar-refractivity contribution in [2.45, 2.75) is 19.5 Å². The molecule has 0 bridgehead atoms. The van der Waals surface area contributed by atoms with E-state index in [1.165, 1.54) is 5.56 Å². The van der Waals surface area contributed by atoms with Crippen LogP contribution in [0.15, 0.2) is 79.1 Å². The number of aryl methyl sites for hydroxylation is 1. The van der Waals surface area contributed by atoms with E-state index < -0.39 is 11.8 Å². The van der Waals surface area contributed by atoms with Crippen LogP contribution in [-0.4, -0.2) is 59.3 Å². The first-order chi connectivity index (χ1) is 16.6. The maximum absolute atomic E-state index is 12.5. The molecule has 0 spiro atoms. The van der Waals surface area contributed by atoms with Gasteiger partial charge in [-0.25, -0.2) is 0 Å². The van der Waals surface area contributed by atoms with E-state index >= 15 is 0 Å². The Balaban J connectivity index is 1.34. The molecule has 7 nitrogen and oxygen atoms in total. The molecule has 1 aliphatic rings. The average molecular weight is 458 g/mol. The molecule has 176 valence electrons. The van der Waals surface area contributed by atoms with E-state index in [2.05, 4.69) is 49.7 Å². The molecule has 0 radical (unpaired) electrons. The fraction of sp³-hybridized carbons (Fsp3) is 0.296. The molecular formula is C27H31N5O2. The molecule has 1 aliphatic heterocycles. The summed E-state index contributed by atoms with van der Waals surface area (Å²) in [6, 6.07) is 21.7. The van der Waals surface area contributed by atoms with Crippen molar-refractivity contribution in [2.24, 2.45) is 0 Å². The van der Waals surface area contributed by atoms with E-state index in [-0.39, 0.29) is 6.04 Å². The van der Waals surface area contributed by atoms with Crippen molar-refractivity contribution in [3.05, 3.63) is 95.8 Å². The van der Waals surface area contributed by atoms with Gasteiger partial charge in [-0.1, -0.05) is 54.1 Å². The zero-order valence-corrected chi connectivity index (χ0v) is 19.5. The van der Waals surface area contributed by atoms with Crippen LogP contribution in [0.3, 0.4) is 0 Å². The molecular weight excluding hydrogens is 426 g/mol. The van der Waals surface area contributed by atoms with Crippen molar-refractivity contribution < 1.29 is 9.59 Å². The summed E-state index contributed by atoms with van der Waals surface area (Å²) in [5.74, 6) is -1.31. The second-order valence-corrected chi connectivity index (χ2v) is 8.63. The van der Waals surface area contributed by atoms with Crippen LogP contribution >= 0.6 is 0 Å². The molecule has 2 N–H and O–H groups in total. The summed E-state index contributed by atoms with van der Waals surface area (Å²) in [5.41, 5.74) is 4.03. The summed E-state index contributed by atoms with van der Waals surface area (Å²) >= 11 is 0. The van der Waals surface area contributed by atoms with Gasteiger partial charge in [0.15, 0.2) is 0 Å². The van der Waals surface area contributed by atoms with E-state index in [1.807, 2.05) is 43.5 Å². The van der Waals surface area contributed by atoms with Gasteiger partial charge in [-0.05, 0) is 36.2 Å². The Kier molecular flexibility index (Phi) is 8.01. The molecule has 1 saturated heterocycles. The Hall–Kier alpha value is -3.55. The summed E-state index contributed by atoms with van der Waals surface area (Å²) in [7, 11) is 0. The standard InChI is InChI=1S/C27H31N5O2/c1-21-9-11-24(12-10-21)30-27(34)26(33)29-19-25(23-8-5-13-28-18-23)32-16-14-31(15-17-32)20-22-6-3-2-4-7-22/h2-13,18,25H,14-17,19-20H2,1H3,(H,29,33)(H,30,34). The highest BCUT2D eigenvalue weighted by atomic mass is 16.2. The van der Waals surface area contributed by atoms with Crippen molar-refractivity contribution in [1.29, 1.82) is 0 Å². The SMILES string of the molecule is Cc1ccc(NC(=O)C(=O)NCC(c2cccnc2)N2CCN(Cc3ccccc3)CC2)cc1. The van der Waals surface area contributed by atoms with Crippen LogP contribution in [-0.2, 0) is 16.1 Å². The second-order valence-electron chi connectivity index (χ2n) is 8.63. The average Bonchev–Trinajstić information content (AvgIpc) is 2.87. The molecule has 0 saturated carbocycles. The van der Waals surface area contributed by atoms with Crippen molar-refractivity contribution in [3.63, 3.8) is 0 Å². The minimum absolute atomic E-state index is 0.0521. The minimum Gasteiger partial charge on any atom is -0.346 e. The summed E-state index contributed by atoms with van der Waals surface area (Å²) in [4.78, 5) is 34.0. The first-order valence-corrected chi connectivity index (χ1v) is 11.6. The lowest BCUT2D eigenvalue weighted by Crippen LogP contribution is -2.50. The summed E-state index contributed by atoms with van der Waals surface area (Å²) in [6.07, 6.45) is 3.57. The lowest BCUT2D eigenvalue weighted by Gasteiger charge is -2.39. The van der Waals surface area contributed by atoms with Crippen LogP contribution in [0.2, 0.25) is 0 Å². The summed E-state index contributed by atoms with van der Waals surface area (Å²) in [5, 5.41) is 5.48. The number of aromatic nitrogens is 1. The lowest BCUT2D eigenvalue weighted by atomic mass is 10.1. The monoisotopic (exact) mass is 457 g/mol. The van der Waals surface area contributed by atoms with Crippen molar-refractivity contribution in [2.75, 3.05) is 38.0 Å². The molecule has 3 aromatic rings. The lowest BCUT2D eigenvalue weighted by molar-refractivity contribution is -0.136. The Morgan fingerprint density at radius 2 is 1.65 bits per heavy atom. The Labute approximate surface area is 200 Å². The van der Waals surface area contributed by atoms with Crippen LogP contribution in [0.4, 0.5) is 5.69 Å². The maximum Gasteiger partial charge on any atom is 0.313 e. The molecule has 1 atom stereocenters. The number of rotatable bonds is 7. The number of amides is 2. The van der Waals surface area contributed by atoms with Crippen LogP contribution in [0.5, 0.6) is 0 Å². The van der Waals surface area contributed by atoms with Gasteiger partial charge in [0.25, 0.3) is 0 Å². The summed E-state index contributed by atoms with van der Waals surface area (Å²) in [6.45, 7) is 6.86. The number of pyridine rings is 1. The number of carbonyl (C=O) groups is 2. The van der Waals surface area contributed by atoms with Gasteiger partial charge in [0.2, 0.25) is 0 Å². The fourth-order valence-corrected chi connectivity index (χ4v) is 4.20. The first-order valence-electron chi connectivity index (χ1n) is 11.6. The molecule has 7 heteroatoms. The molecule has 4 rings (SSSR count). The Bertz CT molecular complexity index is 1070. The van der Waals surface area contributed by atoms with Crippen molar-refractivity contribution in [3.8, 4) is 0 Å². The van der Waals surface area contributed by atoms with Crippen molar-refractivity contribution in [1.82, 2.24) is 20.1 Å². The number of benzene rings is 2. The number of nitrogens with zero attached hydrogens (tertiary/aromatic N) is 3. The van der Waals surface area contributed by atoms with E-state index in [0.717, 1.165) is 43.9 Å². The van der Waals surface area contributed by atoms with Gasteiger partial charge in [0.1, 0.15) is 0 Å². The van der Waals surface area contributed by atoms with E-state index in [1.54, 1.807) is 18.3 Å². The number of anilines is 1. The highest BCUT2D eigenvalue weighted by Crippen LogP contribution is 2.22. The quantitative estimate of drug-likeness (QED) is 0.534. The molecule has 0 aliphatic carbocycles. The van der Waals surface area contributed by atoms with Crippen LogP contribution in [0.25, 0.3) is 0 Å². The van der Waals surface area contributed by atoms with Crippen molar-refractivity contribution >= 4 is 17.5 Å². The number of nitrogens with one attached hydrogen (secondary N) is 2. The topological polar surface area (TPSA) is 77.6 Å². The number of carbonyl (C=O) groups excluding carboxylic acids is 2. The molecule has 2 heterocycles. The van der Waals surface area contributed by atoms with Gasteiger partial charge in [-0.2, -0.15) is 0 Å². The van der Waals surface area contributed by atoms with Gasteiger partial charge >= 0.3 is 11.8 Å². The predicted octanol–water partition coefficient (Wildman–Crippen LogP) is 3.00. The minimum atomic E-state index is -0.665. The normalized spacial score (nSPS) is 15.4. The maximum atomic E-state index is 12.5. The Morgan fingerprint density at radius 1 is 0.912 bits per heavy atom. The third-order valence-corrected chi connectivity index (χ3v) is 6.14. The number of piperazine rings is 1. The molecule has 1 aromatic heterocycles. The molecule has 2 amide bonds. The third-order valence-electron chi connectivity index (χ3n) is 6.14. The molecule has 1 unspecified atom stereocenters.